The van der Waals surface area contributed by atoms with Crippen LogP contribution in [0.3, 0.4) is 0 Å². The highest BCUT2D eigenvalue weighted by Gasteiger charge is 2.53. The fourth-order valence-electron chi connectivity index (χ4n) is 6.01. The third-order valence-corrected chi connectivity index (χ3v) is 10.7. The molecule has 4 rings (SSSR count). The lowest BCUT2D eigenvalue weighted by Gasteiger charge is -2.35. The van der Waals surface area contributed by atoms with Crippen LogP contribution in [0.4, 0.5) is 4.39 Å². The molecule has 0 unspecified atom stereocenters. The van der Waals surface area contributed by atoms with Crippen molar-refractivity contribution in [3.63, 3.8) is 0 Å². The maximum absolute atomic E-state index is 14.5. The SMILES string of the molecule is Cc1ncsc1-c1ccc(CNC(=O)[C@@H]2C[C@@H](O)CN2C(=O)[C@@H](NC(=O)C2(F)CC2)C(C)(C)C)c(OCCCCCCCCCCBr)c1. The number of carbonyl (C=O) groups is 3. The molecule has 2 heterocycles. The van der Waals surface area contributed by atoms with Gasteiger partial charge in [0.25, 0.3) is 5.91 Å². The number of amides is 3. The van der Waals surface area contributed by atoms with E-state index in [2.05, 4.69) is 31.5 Å². The highest BCUT2D eigenvalue weighted by molar-refractivity contribution is 9.09. The number of nitrogens with one attached hydrogen (secondary N) is 2. The standard InChI is InChI=1S/C36H52BrFN4O5S/c1-24-30(48-23-40-24)25-13-14-26(29(19-25)47-18-12-10-8-6-5-7-9-11-17-37)21-39-32(44)28-20-27(43)22-42(28)33(45)31(35(2,3)4)41-34(46)36(38)15-16-36/h13-14,19,23,27-28,31,43H,5-12,15-18,20-22H2,1-4H3,(H,39,44)(H,41,46)/t27-,28+,31-/m1/s1. The number of aryl methyl sites for hydroxylation is 1. The third kappa shape index (κ3) is 10.5. The van der Waals surface area contributed by atoms with Crippen LogP contribution in [-0.4, -0.2) is 75.1 Å². The molecule has 9 nitrogen and oxygen atoms in total. The molecule has 1 saturated carbocycles. The van der Waals surface area contributed by atoms with E-state index in [1.54, 1.807) is 32.1 Å². The first kappa shape index (κ1) is 38.2. The molecule has 2 aromatic rings. The minimum Gasteiger partial charge on any atom is -0.493 e. The summed E-state index contributed by atoms with van der Waals surface area (Å²) in [5.74, 6) is -1.04. The normalized spacial score (nSPS) is 19.2. The maximum atomic E-state index is 14.5. The predicted octanol–water partition coefficient (Wildman–Crippen LogP) is 6.62. The zero-order valence-electron chi connectivity index (χ0n) is 28.8. The number of nitrogens with zero attached hydrogens (tertiary/aromatic N) is 2. The number of thiazole rings is 1. The number of likely N-dealkylation sites (tertiary alicyclic amines) is 1. The van der Waals surface area contributed by atoms with Crippen molar-refractivity contribution in [3.05, 3.63) is 35.0 Å². The van der Waals surface area contributed by atoms with Crippen LogP contribution in [-0.2, 0) is 20.9 Å². The average molecular weight is 752 g/mol. The number of benzene rings is 1. The zero-order valence-corrected chi connectivity index (χ0v) is 31.2. The van der Waals surface area contributed by atoms with E-state index in [1.165, 1.54) is 43.4 Å². The molecule has 3 N–H and O–H groups in total. The predicted molar refractivity (Wildman–Crippen MR) is 191 cm³/mol. The van der Waals surface area contributed by atoms with E-state index in [0.717, 1.165) is 39.9 Å². The Morgan fingerprint density at radius 2 is 1.79 bits per heavy atom. The van der Waals surface area contributed by atoms with Crippen molar-refractivity contribution in [3.8, 4) is 16.2 Å². The summed E-state index contributed by atoms with van der Waals surface area (Å²) in [6.45, 7) is 7.99. The molecule has 1 aliphatic heterocycles. The van der Waals surface area contributed by atoms with Crippen molar-refractivity contribution >= 4 is 45.0 Å². The van der Waals surface area contributed by atoms with Gasteiger partial charge in [0.15, 0.2) is 5.67 Å². The van der Waals surface area contributed by atoms with Crippen molar-refractivity contribution in [1.29, 1.82) is 0 Å². The zero-order chi connectivity index (χ0) is 34.9. The summed E-state index contributed by atoms with van der Waals surface area (Å²) in [7, 11) is 0. The van der Waals surface area contributed by atoms with Crippen molar-refractivity contribution < 1.29 is 28.6 Å². The van der Waals surface area contributed by atoms with Crippen LogP contribution >= 0.6 is 27.3 Å². The van der Waals surface area contributed by atoms with Gasteiger partial charge in [-0.3, -0.25) is 14.4 Å². The number of hydrogen-bond donors (Lipinski definition) is 3. The molecule has 1 saturated heterocycles. The molecule has 1 aromatic carbocycles. The summed E-state index contributed by atoms with van der Waals surface area (Å²) in [5, 5.41) is 17.2. The fraction of sp³-hybridized carbons (Fsp3) is 0.667. The van der Waals surface area contributed by atoms with Crippen molar-refractivity contribution in [1.82, 2.24) is 20.5 Å². The van der Waals surface area contributed by atoms with Crippen molar-refractivity contribution in [2.45, 2.75) is 129 Å². The van der Waals surface area contributed by atoms with Gasteiger partial charge in [-0.25, -0.2) is 9.37 Å². The number of aromatic nitrogens is 1. The summed E-state index contributed by atoms with van der Waals surface area (Å²) >= 11 is 5.05. The highest BCUT2D eigenvalue weighted by Crippen LogP contribution is 2.40. The van der Waals surface area contributed by atoms with Crippen LogP contribution < -0.4 is 15.4 Å². The Bertz CT molecular complexity index is 1390. The molecule has 0 bridgehead atoms. The van der Waals surface area contributed by atoms with Crippen molar-refractivity contribution in [2.24, 2.45) is 5.41 Å². The quantitative estimate of drug-likeness (QED) is 0.116. The molecule has 1 aromatic heterocycles. The minimum absolute atomic E-state index is 0.0474. The number of aliphatic hydroxyl groups excluding tert-OH is 1. The number of β-amino-alcohol motifs (C(OH)–C–C–N with tert-alkyl or cyclic N) is 1. The van der Waals surface area contributed by atoms with E-state index < -0.39 is 47.0 Å². The number of aliphatic hydroxyl groups is 1. The molecule has 3 atom stereocenters. The van der Waals surface area contributed by atoms with Gasteiger partial charge >= 0.3 is 0 Å². The van der Waals surface area contributed by atoms with E-state index in [4.69, 9.17) is 4.74 Å². The smallest absolute Gasteiger partial charge is 0.258 e. The second-order valence-electron chi connectivity index (χ2n) is 14.3. The van der Waals surface area contributed by atoms with E-state index in [9.17, 15) is 23.9 Å². The summed E-state index contributed by atoms with van der Waals surface area (Å²) in [4.78, 5) is 46.7. The molecule has 0 radical (unpaired) electrons. The Hall–Kier alpha value is -2.57. The first-order valence-electron chi connectivity index (χ1n) is 17.3. The largest absolute Gasteiger partial charge is 0.493 e. The fourth-order valence-corrected chi connectivity index (χ4v) is 7.21. The lowest BCUT2D eigenvalue weighted by atomic mass is 9.85. The highest BCUT2D eigenvalue weighted by atomic mass is 79.9. The third-order valence-electron chi connectivity index (χ3n) is 9.16. The van der Waals surface area contributed by atoms with Gasteiger partial charge in [-0.15, -0.1) is 11.3 Å². The Morgan fingerprint density at radius 3 is 2.40 bits per heavy atom. The van der Waals surface area contributed by atoms with E-state index >= 15 is 0 Å². The van der Waals surface area contributed by atoms with Crippen molar-refractivity contribution in [2.75, 3.05) is 18.5 Å². The van der Waals surface area contributed by atoms with Gasteiger partial charge in [0.05, 0.1) is 28.8 Å². The maximum Gasteiger partial charge on any atom is 0.258 e. The summed E-state index contributed by atoms with van der Waals surface area (Å²) < 4.78 is 20.8. The van der Waals surface area contributed by atoms with Crippen LogP contribution in [0.1, 0.15) is 103 Å². The molecular formula is C36H52BrFN4O5S. The van der Waals surface area contributed by atoms with Gasteiger partial charge < -0.3 is 25.4 Å². The number of carbonyl (C=O) groups excluding carboxylic acids is 3. The summed E-state index contributed by atoms with van der Waals surface area (Å²) in [6, 6.07) is 3.94. The van der Waals surface area contributed by atoms with Gasteiger partial charge in [-0.1, -0.05) is 87.4 Å². The molecule has 48 heavy (non-hydrogen) atoms. The lowest BCUT2D eigenvalue weighted by molar-refractivity contribution is -0.145. The first-order valence-corrected chi connectivity index (χ1v) is 19.3. The molecule has 0 spiro atoms. The second-order valence-corrected chi connectivity index (χ2v) is 16.0. The number of alkyl halides is 2. The monoisotopic (exact) mass is 750 g/mol. The molecule has 2 aliphatic rings. The number of ether oxygens (including phenoxy) is 1. The van der Waals surface area contributed by atoms with Crippen LogP contribution in [0.25, 0.3) is 10.4 Å². The Morgan fingerprint density at radius 1 is 1.12 bits per heavy atom. The van der Waals surface area contributed by atoms with E-state index in [0.29, 0.717) is 12.4 Å². The average Bonchev–Trinajstić information content (AvgIpc) is 3.45. The van der Waals surface area contributed by atoms with Gasteiger partial charge in [0.1, 0.15) is 17.8 Å². The van der Waals surface area contributed by atoms with Crippen LogP contribution in [0.2, 0.25) is 0 Å². The molecule has 2 fully saturated rings. The van der Waals surface area contributed by atoms with Crippen LogP contribution in [0.5, 0.6) is 5.75 Å². The van der Waals surface area contributed by atoms with Gasteiger partial charge in [0.2, 0.25) is 11.8 Å². The Labute approximate surface area is 296 Å². The first-order chi connectivity index (χ1) is 22.8. The summed E-state index contributed by atoms with van der Waals surface area (Å²) in [6.07, 6.45) is 8.91. The Kier molecular flexibility index (Phi) is 13.8. The van der Waals surface area contributed by atoms with Gasteiger partial charge in [-0.2, -0.15) is 0 Å². The number of halogens is 2. The summed E-state index contributed by atoms with van der Waals surface area (Å²) in [5.41, 5.74) is 1.87. The minimum atomic E-state index is -1.94. The number of hydrogen-bond acceptors (Lipinski definition) is 7. The van der Waals surface area contributed by atoms with E-state index in [1.807, 2.05) is 30.6 Å². The van der Waals surface area contributed by atoms with Gasteiger partial charge in [0, 0.05) is 30.4 Å². The van der Waals surface area contributed by atoms with Crippen LogP contribution in [0.15, 0.2) is 23.7 Å². The second kappa shape index (κ2) is 17.4. The van der Waals surface area contributed by atoms with Crippen LogP contribution in [0, 0.1) is 12.3 Å². The van der Waals surface area contributed by atoms with E-state index in [-0.39, 0.29) is 32.4 Å². The lowest BCUT2D eigenvalue weighted by Crippen LogP contribution is -2.59. The number of rotatable bonds is 18. The van der Waals surface area contributed by atoms with Gasteiger partial charge in [-0.05, 0) is 49.7 Å². The topological polar surface area (TPSA) is 121 Å². The Balaban J connectivity index is 1.39. The molecule has 3 amide bonds. The molecule has 1 aliphatic carbocycles. The molecule has 266 valence electrons. The molecular weight excluding hydrogens is 699 g/mol. The number of unbranched alkanes of at least 4 members (excludes halogenated alkanes) is 7. The molecule has 12 heteroatoms.